The van der Waals surface area contributed by atoms with Crippen LogP contribution in [0.5, 0.6) is 0 Å². The predicted molar refractivity (Wildman–Crippen MR) is 58.3 cm³/mol. The van der Waals surface area contributed by atoms with Crippen LogP contribution in [0.1, 0.15) is 19.4 Å². The van der Waals surface area contributed by atoms with Crippen LogP contribution in [-0.4, -0.2) is 4.57 Å². The van der Waals surface area contributed by atoms with Gasteiger partial charge < -0.3 is 0 Å². The van der Waals surface area contributed by atoms with Crippen molar-refractivity contribution in [1.29, 1.82) is 0 Å². The van der Waals surface area contributed by atoms with E-state index in [1.807, 2.05) is 44.2 Å². The van der Waals surface area contributed by atoms with Gasteiger partial charge in [-0.05, 0) is 31.0 Å². The van der Waals surface area contributed by atoms with Crippen LogP contribution >= 0.6 is 23.4 Å². The molecule has 0 aromatic heterocycles. The Hall–Kier alpha value is -0.470. The van der Waals surface area contributed by atoms with Gasteiger partial charge in [-0.2, -0.15) is 0 Å². The fourth-order valence-corrected chi connectivity index (χ4v) is 2.33. The highest BCUT2D eigenvalue weighted by molar-refractivity contribution is 8.17. The van der Waals surface area contributed by atoms with Crippen molar-refractivity contribution in [2.75, 3.05) is 0 Å². The van der Waals surface area contributed by atoms with Crippen LogP contribution in [0.4, 0.5) is 4.79 Å². The van der Waals surface area contributed by atoms with E-state index < -0.39 is 0 Å². The van der Waals surface area contributed by atoms with Gasteiger partial charge >= 0.3 is 0 Å². The molecular formula is C10H11ClOS. The lowest BCUT2D eigenvalue weighted by Gasteiger charge is -2.21. The molecule has 0 saturated carbocycles. The Bertz CT molecular complexity index is 295. The lowest BCUT2D eigenvalue weighted by Crippen LogP contribution is -2.12. The molecule has 0 aliphatic carbocycles. The lowest BCUT2D eigenvalue weighted by atomic mass is 10.0. The van der Waals surface area contributed by atoms with Crippen molar-refractivity contribution in [2.24, 2.45) is 0 Å². The largest absolute Gasteiger partial charge is 0.280 e. The minimum Gasteiger partial charge on any atom is -0.268 e. The topological polar surface area (TPSA) is 17.1 Å². The quantitative estimate of drug-likeness (QED) is 0.692. The number of halogens is 1. The Labute approximate surface area is 87.5 Å². The molecule has 0 fully saturated rings. The van der Waals surface area contributed by atoms with Crippen molar-refractivity contribution in [1.82, 2.24) is 0 Å². The van der Waals surface area contributed by atoms with Gasteiger partial charge in [-0.25, -0.2) is 0 Å². The van der Waals surface area contributed by atoms with Gasteiger partial charge in [0.2, 0.25) is 0 Å². The molecule has 0 aliphatic rings. The van der Waals surface area contributed by atoms with Crippen LogP contribution in [-0.2, 0) is 4.75 Å². The maximum Gasteiger partial charge on any atom is 0.280 e. The summed E-state index contributed by atoms with van der Waals surface area (Å²) in [6, 6.07) is 9.85. The predicted octanol–water partition coefficient (Wildman–Crippen LogP) is 4.01. The van der Waals surface area contributed by atoms with Crippen LogP contribution in [0.25, 0.3) is 0 Å². The molecule has 70 valence electrons. The molecule has 3 heteroatoms. The van der Waals surface area contributed by atoms with Crippen LogP contribution in [0, 0.1) is 0 Å². The molecule has 0 bridgehead atoms. The zero-order chi connectivity index (χ0) is 9.90. The molecule has 0 aliphatic heterocycles. The van der Waals surface area contributed by atoms with Gasteiger partial charge in [-0.15, -0.1) is 0 Å². The van der Waals surface area contributed by atoms with Crippen molar-refractivity contribution in [2.45, 2.75) is 18.6 Å². The first-order chi connectivity index (χ1) is 6.02. The lowest BCUT2D eigenvalue weighted by molar-refractivity contribution is 0.275. The highest BCUT2D eigenvalue weighted by Crippen LogP contribution is 2.36. The Morgan fingerprint density at radius 1 is 1.31 bits per heavy atom. The third kappa shape index (κ3) is 3.05. The van der Waals surface area contributed by atoms with Gasteiger partial charge in [0.1, 0.15) is 0 Å². The molecule has 0 atom stereocenters. The van der Waals surface area contributed by atoms with Crippen LogP contribution in [0.15, 0.2) is 30.3 Å². The number of benzene rings is 1. The minimum absolute atomic E-state index is 0.250. The molecular weight excluding hydrogens is 204 g/mol. The first kappa shape index (κ1) is 10.6. The monoisotopic (exact) mass is 214 g/mol. The van der Waals surface area contributed by atoms with Crippen molar-refractivity contribution < 1.29 is 4.79 Å². The van der Waals surface area contributed by atoms with Crippen LogP contribution in [0.3, 0.4) is 0 Å². The third-order valence-electron chi connectivity index (χ3n) is 1.80. The normalized spacial score (nSPS) is 11.3. The SMILES string of the molecule is CC(C)(SC(=O)Cl)c1ccccc1. The van der Waals surface area contributed by atoms with E-state index in [0.717, 1.165) is 17.3 Å². The maximum atomic E-state index is 10.8. The highest BCUT2D eigenvalue weighted by atomic mass is 35.5. The van der Waals surface area contributed by atoms with E-state index in [4.69, 9.17) is 11.6 Å². The van der Waals surface area contributed by atoms with Crippen molar-refractivity contribution in [3.8, 4) is 0 Å². The second-order valence-electron chi connectivity index (χ2n) is 3.22. The third-order valence-corrected chi connectivity index (χ3v) is 2.94. The Balaban J connectivity index is 2.87. The van der Waals surface area contributed by atoms with E-state index in [2.05, 4.69) is 0 Å². The Morgan fingerprint density at radius 3 is 2.31 bits per heavy atom. The second kappa shape index (κ2) is 4.16. The molecule has 1 nitrogen and oxygen atoms in total. The van der Waals surface area contributed by atoms with Gasteiger partial charge in [-0.3, -0.25) is 4.79 Å². The summed E-state index contributed by atoms with van der Waals surface area (Å²) in [5.74, 6) is 0. The number of hydrogen-bond acceptors (Lipinski definition) is 2. The molecule has 0 heterocycles. The van der Waals surface area contributed by atoms with E-state index in [1.165, 1.54) is 0 Å². The highest BCUT2D eigenvalue weighted by Gasteiger charge is 2.23. The van der Waals surface area contributed by atoms with Crippen LogP contribution in [0.2, 0.25) is 0 Å². The molecule has 0 spiro atoms. The summed E-state index contributed by atoms with van der Waals surface area (Å²) in [6.45, 7) is 3.96. The molecule has 0 saturated heterocycles. The number of carbonyl (C=O) groups is 1. The first-order valence-corrected chi connectivity index (χ1v) is 5.16. The number of carbonyl (C=O) groups excluding carboxylic acids is 1. The van der Waals surface area contributed by atoms with E-state index in [0.29, 0.717) is 0 Å². The minimum atomic E-state index is -0.367. The zero-order valence-corrected chi connectivity index (χ0v) is 9.15. The van der Waals surface area contributed by atoms with E-state index in [9.17, 15) is 4.79 Å². The second-order valence-corrected chi connectivity index (χ2v) is 5.38. The number of rotatable bonds is 2. The van der Waals surface area contributed by atoms with Crippen LogP contribution < -0.4 is 0 Å². The maximum absolute atomic E-state index is 10.8. The standard InChI is InChI=1S/C10H11ClOS/c1-10(2,13-9(11)12)8-6-4-3-5-7-8/h3-7H,1-2H3. The molecule has 1 aromatic rings. The average Bonchev–Trinajstić information content (AvgIpc) is 2.04. The van der Waals surface area contributed by atoms with Gasteiger partial charge in [0.25, 0.3) is 4.57 Å². The van der Waals surface area contributed by atoms with Crippen molar-refractivity contribution in [3.05, 3.63) is 35.9 Å². The molecule has 0 radical (unpaired) electrons. The summed E-state index contributed by atoms with van der Waals surface area (Å²) in [4.78, 5) is 10.8. The molecule has 0 amide bonds. The Morgan fingerprint density at radius 2 is 1.85 bits per heavy atom. The van der Waals surface area contributed by atoms with Gasteiger partial charge in [0, 0.05) is 4.75 Å². The molecule has 0 unspecified atom stereocenters. The number of thioether (sulfide) groups is 1. The van der Waals surface area contributed by atoms with Crippen molar-refractivity contribution >= 4 is 27.9 Å². The average molecular weight is 215 g/mol. The van der Waals surface area contributed by atoms with Gasteiger partial charge in [-0.1, -0.05) is 42.1 Å². The first-order valence-electron chi connectivity index (χ1n) is 3.96. The summed E-state index contributed by atoms with van der Waals surface area (Å²) < 4.78 is -0.617. The smallest absolute Gasteiger partial charge is 0.268 e. The summed E-state index contributed by atoms with van der Waals surface area (Å²) in [5.41, 5.74) is 1.11. The van der Waals surface area contributed by atoms with E-state index in [1.54, 1.807) is 0 Å². The van der Waals surface area contributed by atoms with E-state index >= 15 is 0 Å². The van der Waals surface area contributed by atoms with Gasteiger partial charge in [0.15, 0.2) is 0 Å². The molecule has 1 rings (SSSR count). The fraction of sp³-hybridized carbons (Fsp3) is 0.300. The Kier molecular flexibility index (Phi) is 3.40. The molecule has 13 heavy (non-hydrogen) atoms. The van der Waals surface area contributed by atoms with Crippen molar-refractivity contribution in [3.63, 3.8) is 0 Å². The summed E-state index contributed by atoms with van der Waals surface area (Å²) in [6.07, 6.45) is 0. The summed E-state index contributed by atoms with van der Waals surface area (Å²) in [5, 5.41) is 0. The molecule has 0 N–H and O–H groups in total. The number of hydrogen-bond donors (Lipinski definition) is 0. The summed E-state index contributed by atoms with van der Waals surface area (Å²) >= 11 is 6.47. The van der Waals surface area contributed by atoms with Gasteiger partial charge in [0.05, 0.1) is 0 Å². The fourth-order valence-electron chi connectivity index (χ4n) is 1.10. The summed E-state index contributed by atoms with van der Waals surface area (Å²) in [7, 11) is 0. The zero-order valence-electron chi connectivity index (χ0n) is 7.58. The van der Waals surface area contributed by atoms with E-state index in [-0.39, 0.29) is 9.32 Å². The molecule has 1 aromatic carbocycles.